The number of carbonyl (C=O) groups is 2. The molecule has 9 nitrogen and oxygen atoms in total. The van der Waals surface area contributed by atoms with Crippen LogP contribution in [0.5, 0.6) is 0 Å². The predicted octanol–water partition coefficient (Wildman–Crippen LogP) is 1.74. The maximum absolute atomic E-state index is 8.56. The molecule has 5 N–H and O–H groups in total. The molecular formula is C8H18O9. The van der Waals surface area contributed by atoms with E-state index in [1.165, 1.54) is 0 Å². The van der Waals surface area contributed by atoms with Gasteiger partial charge in [0.2, 0.25) is 0 Å². The third-order valence-electron chi connectivity index (χ3n) is 1.35. The van der Waals surface area contributed by atoms with Crippen LogP contribution < -0.4 is 0 Å². The van der Waals surface area contributed by atoms with Crippen LogP contribution in [-0.4, -0.2) is 57.3 Å². The molecule has 0 aromatic rings. The van der Waals surface area contributed by atoms with Crippen molar-refractivity contribution in [2.75, 3.05) is 13.7 Å². The molecule has 0 amide bonds. The van der Waals surface area contributed by atoms with Crippen LogP contribution in [0.3, 0.4) is 0 Å². The van der Waals surface area contributed by atoms with Gasteiger partial charge in [-0.15, -0.1) is 0 Å². The lowest BCUT2D eigenvalue weighted by Crippen LogP contribution is -2.24. The Hall–Kier alpha value is -1.58. The first-order valence-electron chi connectivity index (χ1n) is 4.24. The Morgan fingerprint density at radius 1 is 1.06 bits per heavy atom. The molecule has 0 aliphatic rings. The molecule has 0 aliphatic carbocycles. The highest BCUT2D eigenvalue weighted by atomic mass is 17.1. The summed E-state index contributed by atoms with van der Waals surface area (Å²) in [6.45, 7) is 4.19. The quantitative estimate of drug-likeness (QED) is 0.374. The molecule has 17 heavy (non-hydrogen) atoms. The van der Waals surface area contributed by atoms with Gasteiger partial charge in [0, 0.05) is 13.5 Å². The molecule has 0 aromatic carbocycles. The van der Waals surface area contributed by atoms with Crippen molar-refractivity contribution in [1.82, 2.24) is 0 Å². The Morgan fingerprint density at radius 2 is 1.35 bits per heavy atom. The lowest BCUT2D eigenvalue weighted by atomic mass is 10.1. The second-order valence-electron chi connectivity index (χ2n) is 3.11. The normalized spacial score (nSPS) is 9.18. The molecule has 0 radical (unpaired) electrons. The van der Waals surface area contributed by atoms with E-state index in [-0.39, 0.29) is 5.60 Å². The number of hydrogen-bond donors (Lipinski definition) is 5. The summed E-state index contributed by atoms with van der Waals surface area (Å²) < 4.78 is 5.05. The first-order valence-corrected chi connectivity index (χ1v) is 4.24. The van der Waals surface area contributed by atoms with Crippen LogP contribution in [0.25, 0.3) is 0 Å². The average molecular weight is 258 g/mol. The molecule has 0 atom stereocenters. The van der Waals surface area contributed by atoms with Crippen molar-refractivity contribution < 1.29 is 44.9 Å². The van der Waals surface area contributed by atoms with E-state index in [0.29, 0.717) is 13.0 Å². The minimum absolute atomic E-state index is 0.192. The molecule has 0 aromatic heterocycles. The van der Waals surface area contributed by atoms with Gasteiger partial charge in [0.25, 0.3) is 0 Å². The van der Waals surface area contributed by atoms with E-state index in [9.17, 15) is 0 Å². The summed E-state index contributed by atoms with van der Waals surface area (Å²) >= 11 is 0. The molecule has 9 heteroatoms. The summed E-state index contributed by atoms with van der Waals surface area (Å²) in [4.78, 5) is 21.0. The second-order valence-corrected chi connectivity index (χ2v) is 3.11. The Balaban J connectivity index is -0.000000205. The average Bonchev–Trinajstić information content (AvgIpc) is 2.13. The number of methoxy groups -OCH3 is 1. The van der Waals surface area contributed by atoms with Crippen LogP contribution in [0.15, 0.2) is 0 Å². The van der Waals surface area contributed by atoms with Crippen molar-refractivity contribution >= 4 is 12.3 Å². The van der Waals surface area contributed by atoms with Gasteiger partial charge in [-0.05, 0) is 13.8 Å². The third-order valence-corrected chi connectivity index (χ3v) is 1.35. The monoisotopic (exact) mass is 258 g/mol. The van der Waals surface area contributed by atoms with E-state index in [4.69, 9.17) is 40.0 Å². The minimum Gasteiger partial charge on any atom is -0.450 e. The van der Waals surface area contributed by atoms with Crippen molar-refractivity contribution in [1.29, 1.82) is 0 Å². The fourth-order valence-electron chi connectivity index (χ4n) is 0.393. The van der Waals surface area contributed by atoms with E-state index in [2.05, 4.69) is 4.89 Å². The smallest absolute Gasteiger partial charge is 0.450 e. The number of carboxylic acid groups (broad SMARTS) is 4. The summed E-state index contributed by atoms with van der Waals surface area (Å²) in [5, 5.41) is 35.9. The summed E-state index contributed by atoms with van der Waals surface area (Å²) in [6.07, 6.45) is -2.97. The van der Waals surface area contributed by atoms with Crippen LogP contribution in [0.2, 0.25) is 0 Å². The van der Waals surface area contributed by atoms with Gasteiger partial charge in [-0.2, -0.15) is 0 Å². The highest BCUT2D eigenvalue weighted by Crippen LogP contribution is 2.11. The van der Waals surface area contributed by atoms with Crippen LogP contribution >= 0.6 is 0 Å². The van der Waals surface area contributed by atoms with Crippen molar-refractivity contribution in [3.05, 3.63) is 0 Å². The fourth-order valence-corrected chi connectivity index (χ4v) is 0.393. The lowest BCUT2D eigenvalue weighted by Gasteiger charge is -2.21. The van der Waals surface area contributed by atoms with Crippen molar-refractivity contribution in [2.45, 2.75) is 25.9 Å². The molecule has 0 bridgehead atoms. The molecule has 104 valence electrons. The Kier molecular flexibility index (Phi) is 15.3. The van der Waals surface area contributed by atoms with E-state index >= 15 is 0 Å². The molecule has 0 rings (SSSR count). The standard InChI is InChI=1S/C6H14O3.2CH2O3/c1-6(2,8-3)4-5-9-7;2*2-1(3)4/h7H,4-5H2,1-3H3;2*(H2,2,3,4). The van der Waals surface area contributed by atoms with Gasteiger partial charge in [-0.1, -0.05) is 0 Å². The predicted molar refractivity (Wildman–Crippen MR) is 55.6 cm³/mol. The second kappa shape index (κ2) is 12.5. The molecule has 0 saturated carbocycles. The number of rotatable bonds is 4. The SMILES string of the molecule is COC(C)(C)CCOO.O=C(O)O.O=C(O)O. The van der Waals surface area contributed by atoms with E-state index < -0.39 is 12.3 Å². The van der Waals surface area contributed by atoms with Gasteiger partial charge in [0.05, 0.1) is 12.2 Å². The van der Waals surface area contributed by atoms with E-state index in [1.807, 2.05) is 13.8 Å². The van der Waals surface area contributed by atoms with Crippen LogP contribution in [-0.2, 0) is 9.62 Å². The highest BCUT2D eigenvalue weighted by Gasteiger charge is 2.15. The largest absolute Gasteiger partial charge is 0.503 e. The maximum Gasteiger partial charge on any atom is 0.503 e. The van der Waals surface area contributed by atoms with Gasteiger partial charge in [-0.3, -0.25) is 5.26 Å². The molecule has 0 heterocycles. The maximum atomic E-state index is 8.56. The molecule has 0 fully saturated rings. The molecule has 0 unspecified atom stereocenters. The Bertz CT molecular complexity index is 181. The van der Waals surface area contributed by atoms with Crippen LogP contribution in [0, 0.1) is 0 Å². The van der Waals surface area contributed by atoms with Crippen molar-refractivity contribution in [2.24, 2.45) is 0 Å². The van der Waals surface area contributed by atoms with E-state index in [0.717, 1.165) is 0 Å². The minimum atomic E-state index is -1.83. The summed E-state index contributed by atoms with van der Waals surface area (Å²) in [5.41, 5.74) is -0.192. The Morgan fingerprint density at radius 3 is 1.53 bits per heavy atom. The zero-order valence-corrected chi connectivity index (χ0v) is 9.78. The van der Waals surface area contributed by atoms with Gasteiger partial charge >= 0.3 is 12.3 Å². The van der Waals surface area contributed by atoms with Crippen LogP contribution in [0.4, 0.5) is 9.59 Å². The Labute approximate surface area is 97.8 Å². The van der Waals surface area contributed by atoms with Gasteiger partial charge < -0.3 is 25.2 Å². The van der Waals surface area contributed by atoms with Gasteiger partial charge in [-0.25, -0.2) is 14.5 Å². The van der Waals surface area contributed by atoms with Gasteiger partial charge in [0.1, 0.15) is 0 Å². The lowest BCUT2D eigenvalue weighted by molar-refractivity contribution is -0.248. The molecule has 0 saturated heterocycles. The summed E-state index contributed by atoms with van der Waals surface area (Å²) in [7, 11) is 1.64. The highest BCUT2D eigenvalue weighted by molar-refractivity contribution is 5.53. The first kappa shape index (κ1) is 20.8. The number of hydrogen-bond acceptors (Lipinski definition) is 5. The van der Waals surface area contributed by atoms with Crippen LogP contribution in [0.1, 0.15) is 20.3 Å². The fraction of sp³-hybridized carbons (Fsp3) is 0.750. The molecule has 0 spiro atoms. The van der Waals surface area contributed by atoms with Crippen molar-refractivity contribution in [3.8, 4) is 0 Å². The zero-order chi connectivity index (χ0) is 14.5. The summed E-state index contributed by atoms with van der Waals surface area (Å²) in [6, 6.07) is 0. The zero-order valence-electron chi connectivity index (χ0n) is 9.78. The molecule has 0 aliphatic heterocycles. The van der Waals surface area contributed by atoms with Crippen molar-refractivity contribution in [3.63, 3.8) is 0 Å². The summed E-state index contributed by atoms with van der Waals surface area (Å²) in [5.74, 6) is 0. The first-order chi connectivity index (χ1) is 7.59. The third kappa shape index (κ3) is 54.0. The molecular weight excluding hydrogens is 240 g/mol. The topological polar surface area (TPSA) is 154 Å². The number of ether oxygens (including phenoxy) is 1. The van der Waals surface area contributed by atoms with Gasteiger partial charge in [0.15, 0.2) is 0 Å². The van der Waals surface area contributed by atoms with E-state index in [1.54, 1.807) is 7.11 Å².